The SMILES string of the molecule is CCCCC(C/C=C/c1ccccc1)(C(=O)OCC)C(=O)OCC. The monoisotopic (exact) mass is 332 g/mol. The Bertz CT molecular complexity index is 516. The van der Waals surface area contributed by atoms with Gasteiger partial charge in [0, 0.05) is 0 Å². The number of hydrogen-bond acceptors (Lipinski definition) is 4. The second-order valence-electron chi connectivity index (χ2n) is 5.64. The fraction of sp³-hybridized carbons (Fsp3) is 0.500. The lowest BCUT2D eigenvalue weighted by molar-refractivity contribution is -0.172. The van der Waals surface area contributed by atoms with Crippen molar-refractivity contribution in [3.63, 3.8) is 0 Å². The van der Waals surface area contributed by atoms with Crippen molar-refractivity contribution < 1.29 is 19.1 Å². The first-order valence-electron chi connectivity index (χ1n) is 8.66. The van der Waals surface area contributed by atoms with Crippen molar-refractivity contribution in [3.8, 4) is 0 Å². The van der Waals surface area contributed by atoms with Crippen LogP contribution in [0.3, 0.4) is 0 Å². The Morgan fingerprint density at radius 3 is 2.08 bits per heavy atom. The van der Waals surface area contributed by atoms with E-state index in [1.807, 2.05) is 49.4 Å². The number of carbonyl (C=O) groups excluding carboxylic acids is 2. The number of allylic oxidation sites excluding steroid dienone is 1. The van der Waals surface area contributed by atoms with Crippen molar-refractivity contribution in [2.24, 2.45) is 5.41 Å². The van der Waals surface area contributed by atoms with Crippen LogP contribution in [-0.4, -0.2) is 25.2 Å². The van der Waals surface area contributed by atoms with Crippen molar-refractivity contribution in [3.05, 3.63) is 42.0 Å². The first kappa shape index (κ1) is 19.9. The van der Waals surface area contributed by atoms with Crippen molar-refractivity contribution in [1.82, 2.24) is 0 Å². The van der Waals surface area contributed by atoms with Crippen molar-refractivity contribution in [2.45, 2.75) is 46.5 Å². The van der Waals surface area contributed by atoms with Gasteiger partial charge in [-0.1, -0.05) is 62.2 Å². The van der Waals surface area contributed by atoms with Crippen LogP contribution in [0.25, 0.3) is 6.08 Å². The standard InChI is InChI=1S/C20H28O4/c1-4-7-15-20(18(21)23-5-2,19(22)24-6-3)16-11-14-17-12-9-8-10-13-17/h8-14H,4-7,15-16H2,1-3H3/b14-11+. The van der Waals surface area contributed by atoms with Gasteiger partial charge in [-0.3, -0.25) is 9.59 Å². The van der Waals surface area contributed by atoms with Crippen LogP contribution in [0, 0.1) is 5.41 Å². The van der Waals surface area contributed by atoms with E-state index in [0.717, 1.165) is 18.4 Å². The molecule has 24 heavy (non-hydrogen) atoms. The Morgan fingerprint density at radius 1 is 1.00 bits per heavy atom. The minimum absolute atomic E-state index is 0.245. The number of esters is 2. The molecule has 0 atom stereocenters. The summed E-state index contributed by atoms with van der Waals surface area (Å²) in [5.41, 5.74) is -0.234. The number of hydrogen-bond donors (Lipinski definition) is 0. The van der Waals surface area contributed by atoms with Crippen molar-refractivity contribution in [2.75, 3.05) is 13.2 Å². The van der Waals surface area contributed by atoms with Gasteiger partial charge in [0.1, 0.15) is 0 Å². The third-order valence-electron chi connectivity index (χ3n) is 3.87. The molecule has 1 rings (SSSR count). The van der Waals surface area contributed by atoms with E-state index in [9.17, 15) is 9.59 Å². The second kappa shape index (κ2) is 10.6. The predicted molar refractivity (Wildman–Crippen MR) is 95.3 cm³/mol. The molecule has 132 valence electrons. The molecule has 0 bridgehead atoms. The minimum Gasteiger partial charge on any atom is -0.465 e. The number of carbonyl (C=O) groups is 2. The summed E-state index contributed by atoms with van der Waals surface area (Å²) >= 11 is 0. The van der Waals surface area contributed by atoms with Crippen molar-refractivity contribution in [1.29, 1.82) is 0 Å². The molecule has 0 spiro atoms. The number of ether oxygens (including phenoxy) is 2. The third kappa shape index (κ3) is 5.52. The lowest BCUT2D eigenvalue weighted by Crippen LogP contribution is -2.42. The van der Waals surface area contributed by atoms with E-state index in [-0.39, 0.29) is 19.6 Å². The molecule has 0 N–H and O–H groups in total. The minimum atomic E-state index is -1.26. The van der Waals surface area contributed by atoms with Crippen LogP contribution in [-0.2, 0) is 19.1 Å². The summed E-state index contributed by atoms with van der Waals surface area (Å²) in [5.74, 6) is -0.982. The van der Waals surface area contributed by atoms with E-state index in [2.05, 4.69) is 0 Å². The highest BCUT2D eigenvalue weighted by Crippen LogP contribution is 2.33. The largest absolute Gasteiger partial charge is 0.465 e. The Kier molecular flexibility index (Phi) is 8.84. The molecular formula is C20H28O4. The van der Waals surface area contributed by atoms with Crippen LogP contribution in [0.1, 0.15) is 52.0 Å². The highest BCUT2D eigenvalue weighted by atomic mass is 16.6. The van der Waals surface area contributed by atoms with Crippen LogP contribution < -0.4 is 0 Å². The molecule has 0 aliphatic carbocycles. The molecule has 0 saturated carbocycles. The molecule has 0 amide bonds. The van der Waals surface area contributed by atoms with Gasteiger partial charge < -0.3 is 9.47 Å². The molecular weight excluding hydrogens is 304 g/mol. The maximum Gasteiger partial charge on any atom is 0.323 e. The molecule has 1 aromatic rings. The van der Waals surface area contributed by atoms with Gasteiger partial charge in [0.2, 0.25) is 0 Å². The molecule has 0 heterocycles. The number of benzene rings is 1. The molecule has 0 unspecified atom stereocenters. The van der Waals surface area contributed by atoms with Gasteiger partial charge in [-0.15, -0.1) is 0 Å². The van der Waals surface area contributed by atoms with Crippen LogP contribution in [0.2, 0.25) is 0 Å². The maximum atomic E-state index is 12.6. The van der Waals surface area contributed by atoms with E-state index in [0.29, 0.717) is 6.42 Å². The summed E-state index contributed by atoms with van der Waals surface area (Å²) in [6.45, 7) is 6.00. The topological polar surface area (TPSA) is 52.6 Å². The van der Waals surface area contributed by atoms with Gasteiger partial charge in [0.05, 0.1) is 13.2 Å². The molecule has 0 saturated heterocycles. The Labute approximate surface area is 144 Å². The molecule has 0 aromatic heterocycles. The molecule has 0 aliphatic heterocycles. The first-order chi connectivity index (χ1) is 11.6. The lowest BCUT2D eigenvalue weighted by Gasteiger charge is -2.28. The summed E-state index contributed by atoms with van der Waals surface area (Å²) in [7, 11) is 0. The summed E-state index contributed by atoms with van der Waals surface area (Å²) in [6.07, 6.45) is 6.14. The first-order valence-corrected chi connectivity index (χ1v) is 8.66. The van der Waals surface area contributed by atoms with E-state index in [4.69, 9.17) is 9.47 Å². The normalized spacial score (nSPS) is 11.5. The van der Waals surface area contributed by atoms with Crippen LogP contribution in [0.5, 0.6) is 0 Å². The number of rotatable bonds is 10. The van der Waals surface area contributed by atoms with E-state index in [1.54, 1.807) is 13.8 Å². The highest BCUT2D eigenvalue weighted by molar-refractivity contribution is 6.00. The molecule has 0 aliphatic rings. The Balaban J connectivity index is 3.05. The lowest BCUT2D eigenvalue weighted by atomic mass is 9.79. The number of unbranched alkanes of at least 4 members (excludes halogenated alkanes) is 1. The van der Waals surface area contributed by atoms with Crippen LogP contribution in [0.15, 0.2) is 36.4 Å². The molecule has 0 radical (unpaired) electrons. The van der Waals surface area contributed by atoms with Crippen molar-refractivity contribution >= 4 is 18.0 Å². The molecule has 4 nitrogen and oxygen atoms in total. The fourth-order valence-corrected chi connectivity index (χ4v) is 2.53. The highest BCUT2D eigenvalue weighted by Gasteiger charge is 2.47. The van der Waals surface area contributed by atoms with Gasteiger partial charge in [0.25, 0.3) is 0 Å². The van der Waals surface area contributed by atoms with E-state index < -0.39 is 17.4 Å². The zero-order valence-electron chi connectivity index (χ0n) is 14.9. The van der Waals surface area contributed by atoms with Gasteiger partial charge in [-0.05, 0) is 32.3 Å². The molecule has 4 heteroatoms. The zero-order chi connectivity index (χ0) is 17.8. The quantitative estimate of drug-likeness (QED) is 0.471. The Hall–Kier alpha value is -2.10. The second-order valence-corrected chi connectivity index (χ2v) is 5.64. The Morgan fingerprint density at radius 2 is 1.58 bits per heavy atom. The van der Waals surface area contributed by atoms with Crippen LogP contribution in [0.4, 0.5) is 0 Å². The average molecular weight is 332 g/mol. The summed E-state index contributed by atoms with van der Waals surface area (Å²) < 4.78 is 10.4. The van der Waals surface area contributed by atoms with Gasteiger partial charge in [-0.2, -0.15) is 0 Å². The smallest absolute Gasteiger partial charge is 0.323 e. The maximum absolute atomic E-state index is 12.6. The van der Waals surface area contributed by atoms with Gasteiger partial charge >= 0.3 is 11.9 Å². The fourth-order valence-electron chi connectivity index (χ4n) is 2.53. The van der Waals surface area contributed by atoms with Gasteiger partial charge in [-0.25, -0.2) is 0 Å². The molecule has 0 fully saturated rings. The predicted octanol–water partition coefficient (Wildman–Crippen LogP) is 4.39. The van der Waals surface area contributed by atoms with E-state index >= 15 is 0 Å². The average Bonchev–Trinajstić information content (AvgIpc) is 2.59. The summed E-state index contributed by atoms with van der Waals surface area (Å²) in [5, 5.41) is 0. The van der Waals surface area contributed by atoms with Crippen LogP contribution >= 0.6 is 0 Å². The summed E-state index contributed by atoms with van der Waals surface area (Å²) in [6, 6.07) is 9.78. The van der Waals surface area contributed by atoms with E-state index in [1.165, 1.54) is 0 Å². The molecule has 1 aromatic carbocycles. The zero-order valence-corrected chi connectivity index (χ0v) is 14.9. The summed E-state index contributed by atoms with van der Waals surface area (Å²) in [4.78, 5) is 25.1. The van der Waals surface area contributed by atoms with Gasteiger partial charge in [0.15, 0.2) is 5.41 Å². The third-order valence-corrected chi connectivity index (χ3v) is 3.87.